The van der Waals surface area contributed by atoms with Crippen LogP contribution >= 0.6 is 11.6 Å². The number of anilines is 1. The van der Waals surface area contributed by atoms with E-state index in [1.54, 1.807) is 12.3 Å². The van der Waals surface area contributed by atoms with Crippen LogP contribution in [0.5, 0.6) is 6.01 Å². The van der Waals surface area contributed by atoms with Gasteiger partial charge in [-0.15, -0.1) is 0 Å². The van der Waals surface area contributed by atoms with Crippen molar-refractivity contribution in [1.82, 2.24) is 24.8 Å². The number of nitrogens with zero attached hydrogens (tertiary/aromatic N) is 7. The van der Waals surface area contributed by atoms with E-state index in [-0.39, 0.29) is 6.01 Å². The predicted molar refractivity (Wildman–Crippen MR) is 169 cm³/mol. The van der Waals surface area contributed by atoms with Gasteiger partial charge in [-0.3, -0.25) is 9.78 Å². The van der Waals surface area contributed by atoms with E-state index in [2.05, 4.69) is 28.5 Å². The molecule has 2 aromatic carbocycles. The maximum absolute atomic E-state index is 13.3. The highest BCUT2D eigenvalue weighted by atomic mass is 35.5. The van der Waals surface area contributed by atoms with Crippen LogP contribution in [0.15, 0.2) is 61.1 Å². The minimum absolute atomic E-state index is 0.216. The maximum atomic E-state index is 13.3. The first kappa shape index (κ1) is 31.6. The monoisotopic (exact) mass is 603 g/mol. The smallest absolute Gasteiger partial charge is 0.318 e. The number of aromatic nitrogens is 3. The van der Waals surface area contributed by atoms with Crippen LogP contribution in [0.25, 0.3) is 32.9 Å². The molecule has 2 saturated heterocycles. The van der Waals surface area contributed by atoms with Crippen LogP contribution in [0.4, 0.5) is 10.2 Å². The number of benzene rings is 2. The Morgan fingerprint density at radius 1 is 1.07 bits per heavy atom. The Kier molecular flexibility index (Phi) is 10.8. The summed E-state index contributed by atoms with van der Waals surface area (Å²) in [7, 11) is 3.68. The number of carbonyl (C=O) groups is 1. The van der Waals surface area contributed by atoms with Crippen LogP contribution in [-0.4, -0.2) is 84.1 Å². The number of rotatable bonds is 4. The molecule has 224 valence electrons. The molecule has 0 radical (unpaired) electrons. The third-order valence-electron chi connectivity index (χ3n) is 7.27. The molecule has 43 heavy (non-hydrogen) atoms. The highest BCUT2D eigenvalue weighted by Gasteiger charge is 2.26. The average molecular weight is 604 g/mol. The molecule has 0 bridgehead atoms. The van der Waals surface area contributed by atoms with Gasteiger partial charge in [-0.2, -0.15) is 15.2 Å². The molecule has 2 aromatic heterocycles. The number of fused-ring (bicyclic) bond motifs is 2. The molecule has 0 spiro atoms. The molecule has 2 fully saturated rings. The zero-order valence-corrected chi connectivity index (χ0v) is 25.4. The van der Waals surface area contributed by atoms with Crippen molar-refractivity contribution in [2.45, 2.75) is 19.8 Å². The highest BCUT2D eigenvalue weighted by Crippen LogP contribution is 2.35. The molecule has 11 heteroatoms. The van der Waals surface area contributed by atoms with Crippen molar-refractivity contribution < 1.29 is 13.9 Å². The highest BCUT2D eigenvalue weighted by molar-refractivity contribution is 6.36. The molecule has 0 aliphatic carbocycles. The quantitative estimate of drug-likeness (QED) is 0.267. The van der Waals surface area contributed by atoms with Gasteiger partial charge in [0, 0.05) is 55.3 Å². The molecule has 2 aliphatic heterocycles. The first-order valence-corrected chi connectivity index (χ1v) is 14.4. The number of likely N-dealkylation sites (tertiary alicyclic amines) is 1. The van der Waals surface area contributed by atoms with Crippen LogP contribution in [0, 0.1) is 11.3 Å². The normalized spacial score (nSPS) is 14.8. The molecule has 0 unspecified atom stereocenters. The summed E-state index contributed by atoms with van der Waals surface area (Å²) in [4.78, 5) is 31.5. The van der Waals surface area contributed by atoms with Gasteiger partial charge in [-0.1, -0.05) is 48.5 Å². The SMILES string of the molecule is C=C(F)C(=O)N1CCN(c2nc(OC)nc3cc(-c4cccc5cccc(Cl)c45)cnc23)CC1.CC#N.CN1CCCC1. The van der Waals surface area contributed by atoms with E-state index in [9.17, 15) is 9.18 Å². The van der Waals surface area contributed by atoms with Gasteiger partial charge >= 0.3 is 6.01 Å². The second-order valence-corrected chi connectivity index (χ2v) is 10.6. The van der Waals surface area contributed by atoms with Crippen molar-refractivity contribution in [2.24, 2.45) is 0 Å². The summed E-state index contributed by atoms with van der Waals surface area (Å²) in [5.41, 5.74) is 3.06. The van der Waals surface area contributed by atoms with E-state index in [0.29, 0.717) is 48.1 Å². The van der Waals surface area contributed by atoms with Crippen LogP contribution in [0.2, 0.25) is 5.02 Å². The molecule has 0 N–H and O–H groups in total. The van der Waals surface area contributed by atoms with E-state index in [0.717, 1.165) is 21.9 Å². The number of methoxy groups -OCH3 is 1. The number of hydrogen-bond donors (Lipinski definition) is 0. The van der Waals surface area contributed by atoms with E-state index in [1.165, 1.54) is 44.9 Å². The summed E-state index contributed by atoms with van der Waals surface area (Å²) in [5.74, 6) is -1.03. The van der Waals surface area contributed by atoms with Gasteiger partial charge in [-0.05, 0) is 56.1 Å². The molecule has 9 nitrogen and oxygen atoms in total. The van der Waals surface area contributed by atoms with E-state index >= 15 is 0 Å². The molecule has 1 amide bonds. The van der Waals surface area contributed by atoms with Gasteiger partial charge in [0.25, 0.3) is 5.91 Å². The third kappa shape index (κ3) is 7.55. The standard InChI is InChI=1S/C25H21ClFN5O2.C5H11N.C2H3N/c1-15(27)24(33)32-11-9-31(10-12-32)23-22-20(29-25(30-23)34-2)13-17(14-28-22)18-7-3-5-16-6-4-8-19(26)21(16)18;1-6-4-2-3-5-6;1-2-3/h3-8,13-14H,1,9-12H2,2H3;2-5H2,1H3;1H3. The Hall–Kier alpha value is -4.33. The second kappa shape index (κ2) is 14.7. The number of nitriles is 1. The summed E-state index contributed by atoms with van der Waals surface area (Å²) in [5, 5.41) is 9.97. The van der Waals surface area contributed by atoms with Gasteiger partial charge in [0.15, 0.2) is 11.6 Å². The topological polar surface area (TPSA) is 98.5 Å². The summed E-state index contributed by atoms with van der Waals surface area (Å²) in [6, 6.07) is 15.7. The number of halogens is 2. The van der Waals surface area contributed by atoms with Gasteiger partial charge in [0.05, 0.1) is 18.7 Å². The molecule has 4 aromatic rings. The van der Waals surface area contributed by atoms with Gasteiger partial charge in [0.2, 0.25) is 0 Å². The Bertz CT molecular complexity index is 1640. The minimum atomic E-state index is -0.953. The van der Waals surface area contributed by atoms with Crippen molar-refractivity contribution in [1.29, 1.82) is 5.26 Å². The fourth-order valence-corrected chi connectivity index (χ4v) is 5.43. The lowest BCUT2D eigenvalue weighted by Crippen LogP contribution is -2.49. The molecular weight excluding hydrogens is 569 g/mol. The lowest BCUT2D eigenvalue weighted by molar-refractivity contribution is -0.128. The third-order valence-corrected chi connectivity index (χ3v) is 7.59. The Morgan fingerprint density at radius 2 is 1.72 bits per heavy atom. The fraction of sp³-hybridized carbons (Fsp3) is 0.344. The number of pyridine rings is 1. The average Bonchev–Trinajstić information content (AvgIpc) is 3.51. The number of hydrogen-bond acceptors (Lipinski definition) is 8. The van der Waals surface area contributed by atoms with Crippen LogP contribution in [0.1, 0.15) is 19.8 Å². The van der Waals surface area contributed by atoms with Gasteiger partial charge < -0.3 is 19.4 Å². The Balaban J connectivity index is 0.000000408. The summed E-state index contributed by atoms with van der Waals surface area (Å²) >= 11 is 6.53. The number of carbonyl (C=O) groups excluding carboxylic acids is 1. The zero-order valence-electron chi connectivity index (χ0n) is 24.7. The first-order valence-electron chi connectivity index (χ1n) is 14.0. The molecule has 0 saturated carbocycles. The zero-order chi connectivity index (χ0) is 30.9. The van der Waals surface area contributed by atoms with Crippen molar-refractivity contribution in [2.75, 3.05) is 58.3 Å². The summed E-state index contributed by atoms with van der Waals surface area (Å²) in [6.45, 7) is 8.81. The fourth-order valence-electron chi connectivity index (χ4n) is 5.15. The number of piperazine rings is 1. The number of amides is 1. The second-order valence-electron chi connectivity index (χ2n) is 10.2. The van der Waals surface area contributed by atoms with Crippen LogP contribution in [-0.2, 0) is 4.79 Å². The van der Waals surface area contributed by atoms with E-state index in [1.807, 2.05) is 47.4 Å². The lowest BCUT2D eigenvalue weighted by atomic mass is 9.99. The van der Waals surface area contributed by atoms with Crippen LogP contribution < -0.4 is 9.64 Å². The summed E-state index contributed by atoms with van der Waals surface area (Å²) < 4.78 is 18.6. The Labute approximate surface area is 256 Å². The number of ether oxygens (including phenoxy) is 1. The van der Waals surface area contributed by atoms with Crippen LogP contribution in [0.3, 0.4) is 0 Å². The predicted octanol–water partition coefficient (Wildman–Crippen LogP) is 5.88. The molecule has 2 aliphatic rings. The van der Waals surface area contributed by atoms with Crippen molar-refractivity contribution in [3.63, 3.8) is 0 Å². The first-order chi connectivity index (χ1) is 20.8. The molecular formula is C32H35ClFN7O2. The lowest BCUT2D eigenvalue weighted by Gasteiger charge is -2.35. The van der Waals surface area contributed by atoms with Gasteiger partial charge in [0.1, 0.15) is 5.52 Å². The van der Waals surface area contributed by atoms with Gasteiger partial charge in [-0.25, -0.2) is 4.39 Å². The maximum Gasteiger partial charge on any atom is 0.318 e. The Morgan fingerprint density at radius 3 is 2.30 bits per heavy atom. The van der Waals surface area contributed by atoms with E-state index in [4.69, 9.17) is 26.6 Å². The van der Waals surface area contributed by atoms with Crippen molar-refractivity contribution in [3.8, 4) is 23.2 Å². The van der Waals surface area contributed by atoms with Crippen molar-refractivity contribution >= 4 is 45.1 Å². The summed E-state index contributed by atoms with van der Waals surface area (Å²) in [6.07, 6.45) is 4.61. The molecule has 4 heterocycles. The van der Waals surface area contributed by atoms with E-state index < -0.39 is 11.7 Å². The molecule has 6 rings (SSSR count). The minimum Gasteiger partial charge on any atom is -0.467 e. The van der Waals surface area contributed by atoms with Crippen molar-refractivity contribution in [3.05, 3.63) is 66.1 Å². The largest absolute Gasteiger partial charge is 0.467 e. The molecule has 0 atom stereocenters.